The average molecular weight is 425 g/mol. The minimum atomic E-state index is 0.0276. The van der Waals surface area contributed by atoms with Crippen LogP contribution in [0.3, 0.4) is 0 Å². The van der Waals surface area contributed by atoms with Crippen molar-refractivity contribution in [2.45, 2.75) is 13.0 Å². The highest BCUT2D eigenvalue weighted by molar-refractivity contribution is 6.07. The van der Waals surface area contributed by atoms with E-state index in [4.69, 9.17) is 14.5 Å². The molecule has 1 aliphatic heterocycles. The second kappa shape index (κ2) is 8.35. The van der Waals surface area contributed by atoms with Gasteiger partial charge in [0.2, 0.25) is 0 Å². The number of carbonyl (C=O) groups excluding carboxylic acids is 1. The second-order valence-corrected chi connectivity index (χ2v) is 7.89. The maximum Gasteiger partial charge on any atom is 0.254 e. The van der Waals surface area contributed by atoms with E-state index in [0.717, 1.165) is 28.6 Å². The SMILES string of the molecule is COc1ccc(-c2cc(C(=O)N3CCc4ccccc4C3)c3ccccc3n2)cc1OC. The number of ether oxygens (including phenoxy) is 2. The van der Waals surface area contributed by atoms with Crippen LogP contribution in [-0.2, 0) is 13.0 Å². The molecule has 0 unspecified atom stereocenters. The van der Waals surface area contributed by atoms with Crippen molar-refractivity contribution in [3.63, 3.8) is 0 Å². The number of carbonyl (C=O) groups is 1. The number of pyridine rings is 1. The number of methoxy groups -OCH3 is 2. The van der Waals surface area contributed by atoms with Gasteiger partial charge in [0.25, 0.3) is 5.91 Å². The average Bonchev–Trinajstić information content (AvgIpc) is 2.86. The number of aromatic nitrogens is 1. The van der Waals surface area contributed by atoms with Gasteiger partial charge in [0, 0.05) is 24.0 Å². The van der Waals surface area contributed by atoms with Gasteiger partial charge in [0.1, 0.15) is 0 Å². The van der Waals surface area contributed by atoms with Crippen LogP contribution in [0.1, 0.15) is 21.5 Å². The van der Waals surface area contributed by atoms with Crippen molar-refractivity contribution in [2.75, 3.05) is 20.8 Å². The molecule has 0 saturated carbocycles. The van der Waals surface area contributed by atoms with E-state index < -0.39 is 0 Å². The van der Waals surface area contributed by atoms with Gasteiger partial charge in [0.15, 0.2) is 11.5 Å². The lowest BCUT2D eigenvalue weighted by Crippen LogP contribution is -2.36. The van der Waals surface area contributed by atoms with Crippen molar-refractivity contribution < 1.29 is 14.3 Å². The molecule has 0 aliphatic carbocycles. The molecule has 0 fully saturated rings. The first-order valence-electron chi connectivity index (χ1n) is 10.7. The zero-order valence-electron chi connectivity index (χ0n) is 18.2. The van der Waals surface area contributed by atoms with Crippen LogP contribution in [0, 0.1) is 0 Å². The van der Waals surface area contributed by atoms with E-state index in [1.165, 1.54) is 11.1 Å². The van der Waals surface area contributed by atoms with Crippen molar-refractivity contribution in [2.24, 2.45) is 0 Å². The van der Waals surface area contributed by atoms with Crippen LogP contribution in [0.15, 0.2) is 72.8 Å². The molecule has 160 valence electrons. The van der Waals surface area contributed by atoms with Gasteiger partial charge in [-0.15, -0.1) is 0 Å². The number of nitrogens with zero attached hydrogens (tertiary/aromatic N) is 2. The fraction of sp³-hybridized carbons (Fsp3) is 0.185. The quantitative estimate of drug-likeness (QED) is 0.456. The number of hydrogen-bond donors (Lipinski definition) is 0. The molecule has 5 nitrogen and oxygen atoms in total. The molecule has 2 heterocycles. The smallest absolute Gasteiger partial charge is 0.254 e. The lowest BCUT2D eigenvalue weighted by atomic mass is 9.98. The van der Waals surface area contributed by atoms with Gasteiger partial charge in [-0.05, 0) is 47.9 Å². The molecule has 0 N–H and O–H groups in total. The highest BCUT2D eigenvalue weighted by atomic mass is 16.5. The topological polar surface area (TPSA) is 51.7 Å². The van der Waals surface area contributed by atoms with Crippen molar-refractivity contribution in [1.29, 1.82) is 0 Å². The Hall–Kier alpha value is -3.86. The third-order valence-corrected chi connectivity index (χ3v) is 6.04. The monoisotopic (exact) mass is 424 g/mol. The van der Waals surface area contributed by atoms with E-state index in [-0.39, 0.29) is 5.91 Å². The number of para-hydroxylation sites is 1. The summed E-state index contributed by atoms with van der Waals surface area (Å²) >= 11 is 0. The molecule has 1 aromatic heterocycles. The Balaban J connectivity index is 1.58. The highest BCUT2D eigenvalue weighted by Gasteiger charge is 2.24. The van der Waals surface area contributed by atoms with E-state index in [0.29, 0.717) is 30.2 Å². The van der Waals surface area contributed by atoms with E-state index >= 15 is 0 Å². The Morgan fingerprint density at radius 1 is 0.875 bits per heavy atom. The first kappa shape index (κ1) is 20.1. The van der Waals surface area contributed by atoms with Gasteiger partial charge in [-0.3, -0.25) is 4.79 Å². The van der Waals surface area contributed by atoms with Gasteiger partial charge in [0.05, 0.1) is 31.0 Å². The third-order valence-electron chi connectivity index (χ3n) is 6.04. The Kier molecular flexibility index (Phi) is 5.23. The van der Waals surface area contributed by atoms with E-state index in [1.54, 1.807) is 14.2 Å². The molecule has 0 radical (unpaired) electrons. The summed E-state index contributed by atoms with van der Waals surface area (Å²) in [4.78, 5) is 20.5. The zero-order chi connectivity index (χ0) is 22.1. The maximum atomic E-state index is 13.7. The number of fused-ring (bicyclic) bond motifs is 2. The fourth-order valence-electron chi connectivity index (χ4n) is 4.34. The van der Waals surface area contributed by atoms with Crippen molar-refractivity contribution in [1.82, 2.24) is 9.88 Å². The summed E-state index contributed by atoms with van der Waals surface area (Å²) in [5.74, 6) is 1.31. The van der Waals surface area contributed by atoms with Crippen molar-refractivity contribution in [3.8, 4) is 22.8 Å². The Labute approximate surface area is 187 Å². The van der Waals surface area contributed by atoms with Crippen molar-refractivity contribution >= 4 is 16.8 Å². The largest absolute Gasteiger partial charge is 0.493 e. The van der Waals surface area contributed by atoms with Crippen LogP contribution in [0.2, 0.25) is 0 Å². The van der Waals surface area contributed by atoms with Gasteiger partial charge in [-0.25, -0.2) is 4.98 Å². The van der Waals surface area contributed by atoms with Crippen LogP contribution >= 0.6 is 0 Å². The summed E-state index contributed by atoms with van der Waals surface area (Å²) in [5, 5.41) is 0.862. The van der Waals surface area contributed by atoms with Crippen LogP contribution in [0.4, 0.5) is 0 Å². The lowest BCUT2D eigenvalue weighted by molar-refractivity contribution is 0.0736. The summed E-state index contributed by atoms with van der Waals surface area (Å²) in [7, 11) is 3.22. The van der Waals surface area contributed by atoms with Crippen LogP contribution in [0.5, 0.6) is 11.5 Å². The van der Waals surface area contributed by atoms with Crippen LogP contribution in [0.25, 0.3) is 22.2 Å². The predicted molar refractivity (Wildman–Crippen MR) is 125 cm³/mol. The van der Waals surface area contributed by atoms with Crippen molar-refractivity contribution in [3.05, 3.63) is 89.5 Å². The molecular weight excluding hydrogens is 400 g/mol. The fourth-order valence-corrected chi connectivity index (χ4v) is 4.34. The molecule has 5 heteroatoms. The molecular formula is C27H24N2O3. The molecule has 32 heavy (non-hydrogen) atoms. The Morgan fingerprint density at radius 3 is 2.44 bits per heavy atom. The zero-order valence-corrected chi connectivity index (χ0v) is 18.2. The second-order valence-electron chi connectivity index (χ2n) is 7.89. The predicted octanol–water partition coefficient (Wildman–Crippen LogP) is 5.12. The summed E-state index contributed by atoms with van der Waals surface area (Å²) in [5.41, 5.74) is 5.59. The molecule has 0 spiro atoms. The maximum absolute atomic E-state index is 13.7. The van der Waals surface area contributed by atoms with Gasteiger partial charge < -0.3 is 14.4 Å². The first-order chi connectivity index (χ1) is 15.7. The summed E-state index contributed by atoms with van der Waals surface area (Å²) in [6.45, 7) is 1.33. The first-order valence-corrected chi connectivity index (χ1v) is 10.7. The van der Waals surface area contributed by atoms with Crippen LogP contribution < -0.4 is 9.47 Å². The normalized spacial score (nSPS) is 13.0. The summed E-state index contributed by atoms with van der Waals surface area (Å²) < 4.78 is 10.8. The molecule has 3 aromatic carbocycles. The number of benzene rings is 3. The number of amides is 1. The van der Waals surface area contributed by atoms with Gasteiger partial charge >= 0.3 is 0 Å². The van der Waals surface area contributed by atoms with Crippen LogP contribution in [-0.4, -0.2) is 36.6 Å². The highest BCUT2D eigenvalue weighted by Crippen LogP contribution is 2.33. The third kappa shape index (κ3) is 3.56. The summed E-state index contributed by atoms with van der Waals surface area (Å²) in [6.07, 6.45) is 0.869. The molecule has 4 aromatic rings. The minimum absolute atomic E-state index is 0.0276. The molecule has 0 saturated heterocycles. The minimum Gasteiger partial charge on any atom is -0.493 e. The van der Waals surface area contributed by atoms with Gasteiger partial charge in [-0.2, -0.15) is 0 Å². The molecule has 0 atom stereocenters. The molecule has 1 amide bonds. The summed E-state index contributed by atoms with van der Waals surface area (Å²) in [6, 6.07) is 23.7. The molecule has 1 aliphatic rings. The standard InChI is InChI=1S/C27H24N2O3/c1-31-25-12-11-19(15-26(25)32-2)24-16-22(21-9-5-6-10-23(21)28-24)27(30)29-14-13-18-7-3-4-8-20(18)17-29/h3-12,15-16H,13-14,17H2,1-2H3. The molecule has 5 rings (SSSR count). The lowest BCUT2D eigenvalue weighted by Gasteiger charge is -2.29. The Morgan fingerprint density at radius 2 is 1.62 bits per heavy atom. The molecule has 0 bridgehead atoms. The van der Waals surface area contributed by atoms with E-state index in [9.17, 15) is 4.79 Å². The van der Waals surface area contributed by atoms with Gasteiger partial charge in [-0.1, -0.05) is 42.5 Å². The van der Waals surface area contributed by atoms with E-state index in [1.807, 2.05) is 59.5 Å². The Bertz CT molecular complexity index is 1320. The number of hydrogen-bond acceptors (Lipinski definition) is 4. The van der Waals surface area contributed by atoms with E-state index in [2.05, 4.69) is 18.2 Å². The number of rotatable bonds is 4.